The van der Waals surface area contributed by atoms with Crippen molar-refractivity contribution in [2.75, 3.05) is 40.3 Å². The van der Waals surface area contributed by atoms with Gasteiger partial charge in [0.2, 0.25) is 47.3 Å². The molecule has 1 aliphatic heterocycles. The molecule has 1 fully saturated rings. The zero-order valence-electron chi connectivity index (χ0n) is 38.5. The van der Waals surface area contributed by atoms with E-state index in [1.807, 2.05) is 27.7 Å². The molecule has 0 bridgehead atoms. The summed E-state index contributed by atoms with van der Waals surface area (Å²) in [6.07, 6.45) is 5.90. The van der Waals surface area contributed by atoms with Gasteiger partial charge < -0.3 is 58.6 Å². The lowest BCUT2D eigenvalue weighted by atomic mass is 9.90. The number of aromatic nitrogens is 2. The van der Waals surface area contributed by atoms with Gasteiger partial charge in [-0.2, -0.15) is 0 Å². The van der Waals surface area contributed by atoms with Crippen LogP contribution >= 0.6 is 0 Å². The van der Waals surface area contributed by atoms with E-state index in [1.165, 1.54) is 50.5 Å². The molecule has 4 atom stereocenters. The SMILES string of the molecule is CC.CCC.CN=C(N)NCCCC(NC(=O)[C@@H]1CCCN1C(=O)CNC(=O)C(CCC(N)=O)NC(=O)C(C)(C)C(=O)NCCc1cnc[nH]1)C(=O)N(C)C(CC(C)C)C(N)=O. The van der Waals surface area contributed by atoms with E-state index in [-0.39, 0.29) is 50.7 Å². The number of H-pyrrole nitrogens is 1. The van der Waals surface area contributed by atoms with Crippen molar-refractivity contribution < 1.29 is 38.4 Å². The number of nitrogens with two attached hydrogens (primary N) is 3. The van der Waals surface area contributed by atoms with Crippen LogP contribution in [-0.4, -0.2) is 137 Å². The van der Waals surface area contributed by atoms with Gasteiger partial charge >= 0.3 is 0 Å². The van der Waals surface area contributed by atoms with Crippen LogP contribution in [0.5, 0.6) is 0 Å². The molecular weight excluding hydrogens is 803 g/mol. The summed E-state index contributed by atoms with van der Waals surface area (Å²) >= 11 is 0. The lowest BCUT2D eigenvalue weighted by Crippen LogP contribution is -2.57. The minimum Gasteiger partial charge on any atom is -0.370 e. The van der Waals surface area contributed by atoms with Crippen molar-refractivity contribution in [3.05, 3.63) is 18.2 Å². The third-order valence-electron chi connectivity index (χ3n) is 9.63. The van der Waals surface area contributed by atoms with Gasteiger partial charge in [-0.3, -0.25) is 43.3 Å². The monoisotopic (exact) mass is 878 g/mol. The standard InChI is InChI=1S/C36H61N13O8.C3H8.C2H6/c1-21(2)17-26(29(38)52)48(6)32(55)24(9-7-14-43-35(39)40-5)46-31(54)25-10-8-16-49(25)28(51)19-44-30(53)23(11-12-27(37)50)47-34(57)36(3,4)33(56)42-15-13-22-18-41-20-45-22;1-3-2;1-2/h18,20-21,23-26H,7-17,19H2,1-6H3,(H2,37,50)(H2,38,52)(H,41,45)(H,42,56)(H,44,53)(H,46,54)(H,47,57)(H3,39,40,43);3H2,1-2H3;1-2H3/t23?,24?,25-,26?;;/m0../s1. The van der Waals surface area contributed by atoms with E-state index in [4.69, 9.17) is 17.2 Å². The number of carbonyl (C=O) groups excluding carboxylic acids is 8. The normalized spacial score (nSPS) is 15.0. The zero-order chi connectivity index (χ0) is 47.6. The number of hydrogen-bond acceptors (Lipinski definition) is 10. The van der Waals surface area contributed by atoms with Crippen LogP contribution in [0.4, 0.5) is 0 Å². The number of imidazole rings is 1. The van der Waals surface area contributed by atoms with Gasteiger partial charge in [-0.25, -0.2) is 4.98 Å². The molecule has 1 aromatic rings. The lowest BCUT2D eigenvalue weighted by Gasteiger charge is -2.32. The van der Waals surface area contributed by atoms with Gasteiger partial charge in [0.1, 0.15) is 29.6 Å². The highest BCUT2D eigenvalue weighted by Gasteiger charge is 2.40. The lowest BCUT2D eigenvalue weighted by molar-refractivity contribution is -0.144. The maximum atomic E-state index is 13.7. The fraction of sp³-hybridized carbons (Fsp3) is 0.707. The number of aromatic amines is 1. The van der Waals surface area contributed by atoms with E-state index < -0.39 is 83.4 Å². The maximum Gasteiger partial charge on any atom is 0.245 e. The fourth-order valence-corrected chi connectivity index (χ4v) is 6.11. The molecular formula is C41H75N13O8. The summed E-state index contributed by atoms with van der Waals surface area (Å²) in [7, 11) is 2.96. The number of rotatable bonds is 23. The molecule has 3 unspecified atom stereocenters. The Labute approximate surface area is 366 Å². The first-order chi connectivity index (χ1) is 29.2. The van der Waals surface area contributed by atoms with Crippen LogP contribution in [0.2, 0.25) is 0 Å². The van der Waals surface area contributed by atoms with Crippen LogP contribution < -0.4 is 43.8 Å². The zero-order valence-corrected chi connectivity index (χ0v) is 38.5. The largest absolute Gasteiger partial charge is 0.370 e. The van der Waals surface area contributed by atoms with E-state index in [9.17, 15) is 38.4 Å². The van der Waals surface area contributed by atoms with Crippen molar-refractivity contribution in [1.29, 1.82) is 0 Å². The van der Waals surface area contributed by atoms with Gasteiger partial charge in [0.25, 0.3) is 0 Å². The van der Waals surface area contributed by atoms with E-state index >= 15 is 0 Å². The van der Waals surface area contributed by atoms with E-state index in [0.29, 0.717) is 32.2 Å². The molecule has 2 rings (SSSR count). The number of aliphatic imine (C=N–C) groups is 1. The van der Waals surface area contributed by atoms with Crippen LogP contribution in [0, 0.1) is 11.3 Å². The van der Waals surface area contributed by atoms with Gasteiger partial charge in [0.05, 0.1) is 12.9 Å². The number of likely N-dealkylation sites (tertiary alicyclic amines) is 1. The molecule has 0 aliphatic carbocycles. The minimum atomic E-state index is -1.62. The molecule has 1 aromatic heterocycles. The molecule has 1 aliphatic rings. The van der Waals surface area contributed by atoms with Crippen molar-refractivity contribution >= 4 is 53.2 Å². The van der Waals surface area contributed by atoms with Crippen molar-refractivity contribution in [3.8, 4) is 0 Å². The third kappa shape index (κ3) is 19.7. The van der Waals surface area contributed by atoms with E-state index in [1.54, 1.807) is 6.20 Å². The highest BCUT2D eigenvalue weighted by molar-refractivity contribution is 6.05. The Morgan fingerprint density at radius 1 is 0.952 bits per heavy atom. The summed E-state index contributed by atoms with van der Waals surface area (Å²) in [6, 6.07) is -4.29. The maximum absolute atomic E-state index is 13.7. The number of nitrogens with zero attached hydrogens (tertiary/aromatic N) is 4. The summed E-state index contributed by atoms with van der Waals surface area (Å²) < 4.78 is 0. The Balaban J connectivity index is 0.00000711. The Hall–Kier alpha value is -5.76. The minimum absolute atomic E-state index is 0.0432. The first kappa shape index (κ1) is 56.2. The van der Waals surface area contributed by atoms with Gasteiger partial charge in [0, 0.05) is 58.5 Å². The molecule has 21 heteroatoms. The van der Waals surface area contributed by atoms with E-state index in [2.05, 4.69) is 55.4 Å². The molecule has 0 saturated carbocycles. The first-order valence-corrected chi connectivity index (χ1v) is 21.5. The predicted octanol–water partition coefficient (Wildman–Crippen LogP) is -0.448. The first-order valence-electron chi connectivity index (χ1n) is 21.5. The van der Waals surface area contributed by atoms with Crippen LogP contribution in [0.1, 0.15) is 112 Å². The second-order valence-electron chi connectivity index (χ2n) is 15.6. The van der Waals surface area contributed by atoms with Crippen molar-refractivity contribution in [2.24, 2.45) is 33.5 Å². The third-order valence-corrected chi connectivity index (χ3v) is 9.63. The predicted molar refractivity (Wildman–Crippen MR) is 236 cm³/mol. The topological polar surface area (TPSA) is 322 Å². The number of hydrogen-bond donors (Lipinski definition) is 9. The smallest absolute Gasteiger partial charge is 0.245 e. The Morgan fingerprint density at radius 2 is 1.60 bits per heavy atom. The quantitative estimate of drug-likeness (QED) is 0.0294. The molecule has 352 valence electrons. The molecule has 0 spiro atoms. The van der Waals surface area contributed by atoms with Gasteiger partial charge in [-0.15, -0.1) is 0 Å². The number of likely N-dealkylation sites (N-methyl/N-ethyl adjacent to an activating group) is 1. The Kier molecular flexibility index (Phi) is 26.7. The summed E-state index contributed by atoms with van der Waals surface area (Å²) in [5.41, 5.74) is 15.8. The van der Waals surface area contributed by atoms with Gasteiger partial charge in [-0.1, -0.05) is 48.0 Å². The summed E-state index contributed by atoms with van der Waals surface area (Å²) in [5.74, 6) is -5.13. The number of primary amides is 2. The Bertz CT molecular complexity index is 1620. The number of amides is 8. The highest BCUT2D eigenvalue weighted by Crippen LogP contribution is 2.20. The average Bonchev–Trinajstić information content (AvgIpc) is 3.95. The van der Waals surface area contributed by atoms with Gasteiger partial charge in [-0.05, 0) is 58.3 Å². The van der Waals surface area contributed by atoms with Crippen LogP contribution in [0.25, 0.3) is 0 Å². The van der Waals surface area contributed by atoms with E-state index in [0.717, 1.165) is 5.69 Å². The molecule has 0 aromatic carbocycles. The molecule has 12 N–H and O–H groups in total. The van der Waals surface area contributed by atoms with Crippen LogP contribution in [-0.2, 0) is 44.8 Å². The summed E-state index contributed by atoms with van der Waals surface area (Å²) in [4.78, 5) is 118. The summed E-state index contributed by atoms with van der Waals surface area (Å²) in [5, 5.41) is 13.3. The average molecular weight is 878 g/mol. The number of carbonyl (C=O) groups is 8. The summed E-state index contributed by atoms with van der Waals surface area (Å²) in [6.45, 7) is 15.0. The molecule has 0 radical (unpaired) electrons. The van der Waals surface area contributed by atoms with Crippen molar-refractivity contribution in [1.82, 2.24) is 46.4 Å². The molecule has 2 heterocycles. The number of nitrogens with one attached hydrogen (secondary N) is 6. The van der Waals surface area contributed by atoms with Gasteiger partial charge in [0.15, 0.2) is 5.96 Å². The Morgan fingerprint density at radius 3 is 2.15 bits per heavy atom. The second-order valence-corrected chi connectivity index (χ2v) is 15.6. The second kappa shape index (κ2) is 29.5. The highest BCUT2D eigenvalue weighted by atomic mass is 16.2. The van der Waals surface area contributed by atoms with Crippen molar-refractivity contribution in [2.45, 2.75) is 137 Å². The molecule has 21 nitrogen and oxygen atoms in total. The number of guanidine groups is 1. The van der Waals surface area contributed by atoms with Crippen LogP contribution in [0.3, 0.4) is 0 Å². The molecule has 62 heavy (non-hydrogen) atoms. The fourth-order valence-electron chi connectivity index (χ4n) is 6.11. The van der Waals surface area contributed by atoms with Crippen molar-refractivity contribution in [3.63, 3.8) is 0 Å². The van der Waals surface area contributed by atoms with Crippen LogP contribution in [0.15, 0.2) is 17.5 Å². The molecule has 8 amide bonds. The molecule has 1 saturated heterocycles.